The minimum absolute atomic E-state index is 0.234. The minimum atomic E-state index is -0.343. The molecular formula is C22H18FN3O3S. The fourth-order valence-corrected chi connectivity index (χ4v) is 3.95. The fourth-order valence-electron chi connectivity index (χ4n) is 3.04. The summed E-state index contributed by atoms with van der Waals surface area (Å²) in [4.78, 5) is 21.7. The van der Waals surface area contributed by atoms with Crippen molar-refractivity contribution in [1.29, 1.82) is 0 Å². The maximum atomic E-state index is 13.3. The van der Waals surface area contributed by atoms with Crippen LogP contribution >= 0.6 is 11.3 Å². The summed E-state index contributed by atoms with van der Waals surface area (Å²) in [6.45, 7) is 1.69. The monoisotopic (exact) mass is 423 g/mol. The molecule has 0 spiro atoms. The Bertz CT molecular complexity index is 1210. The Morgan fingerprint density at radius 2 is 1.97 bits per heavy atom. The molecule has 0 saturated carbocycles. The van der Waals surface area contributed by atoms with Crippen LogP contribution in [0.4, 0.5) is 10.1 Å². The standard InChI is InChI=1S/C22H18FN3O3S/c1-13-3-8-18(28-2)17(9-13)26-19(27)10-29-21-20-16(11-30-22(20)25-12-24-21)14-4-6-15(23)7-5-14/h3-9,11-12H,10H2,1-2H3,(H,26,27). The molecule has 0 aliphatic carbocycles. The van der Waals surface area contributed by atoms with Gasteiger partial charge in [0.05, 0.1) is 18.2 Å². The first-order chi connectivity index (χ1) is 14.5. The molecule has 0 bridgehead atoms. The van der Waals surface area contributed by atoms with E-state index in [1.807, 2.05) is 24.4 Å². The Morgan fingerprint density at radius 3 is 2.73 bits per heavy atom. The van der Waals surface area contributed by atoms with Crippen molar-refractivity contribution in [2.24, 2.45) is 0 Å². The average Bonchev–Trinajstić information content (AvgIpc) is 3.18. The minimum Gasteiger partial charge on any atom is -0.495 e. The Balaban J connectivity index is 1.56. The molecule has 0 aliphatic rings. The topological polar surface area (TPSA) is 73.3 Å². The summed E-state index contributed by atoms with van der Waals surface area (Å²) in [6, 6.07) is 11.7. The summed E-state index contributed by atoms with van der Waals surface area (Å²) in [7, 11) is 1.54. The van der Waals surface area contributed by atoms with Crippen LogP contribution in [0.1, 0.15) is 5.56 Å². The predicted octanol–water partition coefficient (Wildman–Crippen LogP) is 4.83. The van der Waals surface area contributed by atoms with Gasteiger partial charge in [-0.3, -0.25) is 4.79 Å². The summed E-state index contributed by atoms with van der Waals surface area (Å²) < 4.78 is 24.3. The van der Waals surface area contributed by atoms with E-state index in [-0.39, 0.29) is 18.3 Å². The van der Waals surface area contributed by atoms with Gasteiger partial charge < -0.3 is 14.8 Å². The smallest absolute Gasteiger partial charge is 0.262 e. The van der Waals surface area contributed by atoms with Crippen LogP contribution in [0.25, 0.3) is 21.3 Å². The Kier molecular flexibility index (Phi) is 5.58. The number of benzene rings is 2. The van der Waals surface area contributed by atoms with Crippen LogP contribution < -0.4 is 14.8 Å². The second-order valence-corrected chi connectivity index (χ2v) is 7.41. The lowest BCUT2D eigenvalue weighted by Crippen LogP contribution is -2.21. The maximum absolute atomic E-state index is 13.3. The van der Waals surface area contributed by atoms with Crippen LogP contribution in [0.5, 0.6) is 11.6 Å². The van der Waals surface area contributed by atoms with Gasteiger partial charge in [0.1, 0.15) is 22.7 Å². The maximum Gasteiger partial charge on any atom is 0.262 e. The fraction of sp³-hybridized carbons (Fsp3) is 0.136. The molecule has 1 amide bonds. The number of nitrogens with zero attached hydrogens (tertiary/aromatic N) is 2. The van der Waals surface area contributed by atoms with Crippen molar-refractivity contribution in [3.63, 3.8) is 0 Å². The summed E-state index contributed by atoms with van der Waals surface area (Å²) in [5.74, 6) is 0.209. The van der Waals surface area contributed by atoms with Gasteiger partial charge in [-0.1, -0.05) is 18.2 Å². The van der Waals surface area contributed by atoms with Crippen molar-refractivity contribution < 1.29 is 18.7 Å². The SMILES string of the molecule is COc1ccc(C)cc1NC(=O)COc1ncnc2scc(-c3ccc(F)cc3)c12. The lowest BCUT2D eigenvalue weighted by Gasteiger charge is -2.12. The van der Waals surface area contributed by atoms with Crippen LogP contribution in [0.3, 0.4) is 0 Å². The number of amides is 1. The molecule has 4 aromatic rings. The lowest BCUT2D eigenvalue weighted by molar-refractivity contribution is -0.118. The summed E-state index contributed by atoms with van der Waals surface area (Å²) in [5.41, 5.74) is 3.20. The molecular weight excluding hydrogens is 405 g/mol. The number of rotatable bonds is 6. The molecule has 0 fully saturated rings. The van der Waals surface area contributed by atoms with E-state index in [9.17, 15) is 9.18 Å². The number of halogens is 1. The number of fused-ring (bicyclic) bond motifs is 1. The number of aromatic nitrogens is 2. The number of carbonyl (C=O) groups is 1. The second kappa shape index (κ2) is 8.46. The van der Waals surface area contributed by atoms with Crippen molar-refractivity contribution in [3.05, 3.63) is 65.6 Å². The lowest BCUT2D eigenvalue weighted by atomic mass is 10.1. The van der Waals surface area contributed by atoms with Gasteiger partial charge in [-0.2, -0.15) is 0 Å². The third-order valence-electron chi connectivity index (χ3n) is 4.46. The second-order valence-electron chi connectivity index (χ2n) is 6.56. The first-order valence-electron chi connectivity index (χ1n) is 9.10. The van der Waals surface area contributed by atoms with Gasteiger partial charge in [0, 0.05) is 10.9 Å². The van der Waals surface area contributed by atoms with E-state index >= 15 is 0 Å². The van der Waals surface area contributed by atoms with Gasteiger partial charge in [0.25, 0.3) is 5.91 Å². The first kappa shape index (κ1) is 19.8. The number of hydrogen-bond acceptors (Lipinski definition) is 6. The Hall–Kier alpha value is -3.52. The first-order valence-corrected chi connectivity index (χ1v) is 9.98. The zero-order chi connectivity index (χ0) is 21.1. The summed E-state index contributed by atoms with van der Waals surface area (Å²) in [6.07, 6.45) is 1.39. The predicted molar refractivity (Wildman–Crippen MR) is 115 cm³/mol. The molecule has 30 heavy (non-hydrogen) atoms. The number of nitrogens with one attached hydrogen (secondary N) is 1. The number of carbonyl (C=O) groups excluding carboxylic acids is 1. The molecule has 2 aromatic heterocycles. The van der Waals surface area contributed by atoms with E-state index in [2.05, 4.69) is 15.3 Å². The van der Waals surface area contributed by atoms with Gasteiger partial charge in [0.15, 0.2) is 6.61 Å². The highest BCUT2D eigenvalue weighted by Gasteiger charge is 2.16. The molecule has 2 heterocycles. The Labute approximate surface area is 176 Å². The zero-order valence-corrected chi connectivity index (χ0v) is 17.1. The number of anilines is 1. The van der Waals surface area contributed by atoms with Crippen LogP contribution in [0.15, 0.2) is 54.2 Å². The van der Waals surface area contributed by atoms with E-state index in [4.69, 9.17) is 9.47 Å². The number of ether oxygens (including phenoxy) is 2. The van der Waals surface area contributed by atoms with Gasteiger partial charge >= 0.3 is 0 Å². The molecule has 0 unspecified atom stereocenters. The van der Waals surface area contributed by atoms with E-state index in [1.54, 1.807) is 25.3 Å². The number of aryl methyl sites for hydroxylation is 1. The molecule has 0 radical (unpaired) electrons. The zero-order valence-electron chi connectivity index (χ0n) is 16.3. The van der Waals surface area contributed by atoms with Crippen molar-refractivity contribution in [2.75, 3.05) is 19.0 Å². The van der Waals surface area contributed by atoms with Crippen LogP contribution in [-0.2, 0) is 4.79 Å². The highest BCUT2D eigenvalue weighted by atomic mass is 32.1. The summed E-state index contributed by atoms with van der Waals surface area (Å²) >= 11 is 1.43. The van der Waals surface area contributed by atoms with Crippen molar-refractivity contribution in [2.45, 2.75) is 6.92 Å². The number of thiophene rings is 1. The van der Waals surface area contributed by atoms with Gasteiger partial charge in [-0.05, 0) is 42.3 Å². The van der Waals surface area contributed by atoms with Gasteiger partial charge in [0.2, 0.25) is 5.88 Å². The molecule has 0 saturated heterocycles. The van der Waals surface area contributed by atoms with Gasteiger partial charge in [-0.15, -0.1) is 11.3 Å². The highest BCUT2D eigenvalue weighted by molar-refractivity contribution is 7.17. The Morgan fingerprint density at radius 1 is 1.17 bits per heavy atom. The van der Waals surface area contributed by atoms with Crippen LogP contribution in [0, 0.1) is 12.7 Å². The number of hydrogen-bond donors (Lipinski definition) is 1. The molecule has 8 heteroatoms. The largest absolute Gasteiger partial charge is 0.495 e. The molecule has 0 aliphatic heterocycles. The number of methoxy groups -OCH3 is 1. The van der Waals surface area contributed by atoms with Crippen LogP contribution in [0.2, 0.25) is 0 Å². The third-order valence-corrected chi connectivity index (χ3v) is 5.35. The van der Waals surface area contributed by atoms with Crippen molar-refractivity contribution in [1.82, 2.24) is 9.97 Å². The normalized spacial score (nSPS) is 10.8. The van der Waals surface area contributed by atoms with E-state index < -0.39 is 0 Å². The molecule has 2 aromatic carbocycles. The van der Waals surface area contributed by atoms with Crippen LogP contribution in [-0.4, -0.2) is 29.6 Å². The quantitative estimate of drug-likeness (QED) is 0.481. The molecule has 4 rings (SSSR count). The van der Waals surface area contributed by atoms with E-state index in [1.165, 1.54) is 29.8 Å². The van der Waals surface area contributed by atoms with E-state index in [0.29, 0.717) is 22.7 Å². The molecule has 6 nitrogen and oxygen atoms in total. The summed E-state index contributed by atoms with van der Waals surface area (Å²) in [5, 5.41) is 5.40. The van der Waals surface area contributed by atoms with Crippen molar-refractivity contribution in [3.8, 4) is 22.8 Å². The molecule has 0 atom stereocenters. The van der Waals surface area contributed by atoms with E-state index in [0.717, 1.165) is 21.5 Å². The third kappa shape index (κ3) is 4.08. The molecule has 152 valence electrons. The average molecular weight is 423 g/mol. The van der Waals surface area contributed by atoms with Crippen molar-refractivity contribution >= 4 is 33.1 Å². The molecule has 1 N–H and O–H groups in total. The van der Waals surface area contributed by atoms with Gasteiger partial charge in [-0.25, -0.2) is 14.4 Å². The highest BCUT2D eigenvalue weighted by Crippen LogP contribution is 2.37.